The first-order chi connectivity index (χ1) is 22.1. The molecule has 0 spiro atoms. The molecule has 0 saturated heterocycles. The van der Waals surface area contributed by atoms with Gasteiger partial charge in [0.2, 0.25) is 0 Å². The van der Waals surface area contributed by atoms with Crippen LogP contribution < -0.4 is 11.1 Å². The minimum Gasteiger partial charge on any atom is -0.352 e. The van der Waals surface area contributed by atoms with Crippen LogP contribution in [0, 0.1) is 0 Å². The number of halogens is 8. The Labute approximate surface area is 271 Å². The van der Waals surface area contributed by atoms with Crippen molar-refractivity contribution in [3.05, 3.63) is 98.9 Å². The maximum Gasteiger partial charge on any atom is 0.416 e. The molecule has 1 aliphatic carbocycles. The van der Waals surface area contributed by atoms with Crippen LogP contribution in [-0.4, -0.2) is 31.8 Å². The highest BCUT2D eigenvalue weighted by Crippen LogP contribution is 2.58. The van der Waals surface area contributed by atoms with Crippen LogP contribution in [0.5, 0.6) is 0 Å². The first kappa shape index (κ1) is 33.7. The number of benzene rings is 2. The molecule has 0 radical (unpaired) electrons. The van der Waals surface area contributed by atoms with Crippen LogP contribution in [0.15, 0.2) is 54.1 Å². The van der Waals surface area contributed by atoms with E-state index in [1.54, 1.807) is 35.6 Å². The summed E-state index contributed by atoms with van der Waals surface area (Å²) in [5.74, 6) is -1.64. The summed E-state index contributed by atoms with van der Waals surface area (Å²) in [6.45, 7) is 7.80. The average molecular weight is 680 g/mol. The molecule has 48 heavy (non-hydrogen) atoms. The van der Waals surface area contributed by atoms with Crippen molar-refractivity contribution >= 4 is 11.6 Å². The molecular weight excluding hydrogens is 646 g/mol. The Morgan fingerprint density at radius 2 is 1.69 bits per heavy atom. The molecular formula is C34H33F8N5O. The van der Waals surface area contributed by atoms with Gasteiger partial charge in [0.25, 0.3) is 0 Å². The number of nitrogens with zero attached hydrogens (tertiary/aromatic N) is 3. The van der Waals surface area contributed by atoms with Crippen molar-refractivity contribution in [2.24, 2.45) is 5.73 Å². The third-order valence-corrected chi connectivity index (χ3v) is 9.88. The second kappa shape index (κ2) is 10.6. The summed E-state index contributed by atoms with van der Waals surface area (Å²) in [7, 11) is 0. The fourth-order valence-corrected chi connectivity index (χ4v) is 7.39. The zero-order valence-electron chi connectivity index (χ0n) is 26.7. The highest BCUT2D eigenvalue weighted by atomic mass is 19.4. The van der Waals surface area contributed by atoms with Crippen molar-refractivity contribution in [3.63, 3.8) is 0 Å². The molecule has 6 nitrogen and oxygen atoms in total. The van der Waals surface area contributed by atoms with Gasteiger partial charge in [0, 0.05) is 41.7 Å². The number of carbonyl (C=O) groups excluding carboxylic acids is 1. The maximum atomic E-state index is 16.8. The number of urea groups is 1. The van der Waals surface area contributed by atoms with E-state index in [2.05, 4.69) is 5.32 Å². The molecule has 3 aliphatic rings. The predicted molar refractivity (Wildman–Crippen MR) is 162 cm³/mol. The lowest BCUT2D eigenvalue weighted by Gasteiger charge is -2.46. The van der Waals surface area contributed by atoms with Crippen LogP contribution in [0.3, 0.4) is 0 Å². The standard InChI is InChI=1S/C34H33F8N5O/c1-6-17-8-7-9-20-25-27(36)31(4,44-29(43)48)14-24(35)32(25,5)28-21-16-46(30(2,3)13-23(21)45-47(28)26(17)20)15-18-10-11-19(33(37,38)39)12-22(18)34(40,41)42/h7-12,14H,6,13,15-16H2,1-5H3,(H3,43,44,48). The lowest BCUT2D eigenvalue weighted by molar-refractivity contribution is -0.143. The molecule has 3 N–H and O–H groups in total. The van der Waals surface area contributed by atoms with Crippen molar-refractivity contribution in [3.8, 4) is 5.69 Å². The van der Waals surface area contributed by atoms with Crippen LogP contribution in [0.2, 0.25) is 0 Å². The van der Waals surface area contributed by atoms with Crippen LogP contribution in [0.1, 0.15) is 79.4 Å². The highest BCUT2D eigenvalue weighted by Gasteiger charge is 2.55. The number of hydrogen-bond acceptors (Lipinski definition) is 3. The van der Waals surface area contributed by atoms with Crippen molar-refractivity contribution in [1.82, 2.24) is 20.0 Å². The van der Waals surface area contributed by atoms with Gasteiger partial charge in [-0.25, -0.2) is 18.3 Å². The Morgan fingerprint density at radius 3 is 2.29 bits per heavy atom. The molecule has 6 rings (SSSR count). The first-order valence-electron chi connectivity index (χ1n) is 15.3. The Kier molecular flexibility index (Phi) is 7.47. The number of para-hydroxylation sites is 1. The normalized spacial score (nSPS) is 23.6. The van der Waals surface area contributed by atoms with E-state index in [1.165, 1.54) is 13.8 Å². The van der Waals surface area contributed by atoms with Crippen LogP contribution in [0.25, 0.3) is 11.3 Å². The van der Waals surface area contributed by atoms with E-state index in [4.69, 9.17) is 10.8 Å². The number of carbonyl (C=O) groups is 1. The maximum absolute atomic E-state index is 16.8. The molecule has 2 aliphatic heterocycles. The first-order valence-corrected chi connectivity index (χ1v) is 15.3. The zero-order valence-corrected chi connectivity index (χ0v) is 26.7. The molecule has 0 saturated carbocycles. The Hall–Kier alpha value is -4.20. The molecule has 2 unspecified atom stereocenters. The quantitative estimate of drug-likeness (QED) is 0.274. The minimum absolute atomic E-state index is 0.0438. The van der Waals surface area contributed by atoms with Gasteiger partial charge in [-0.3, -0.25) is 4.90 Å². The molecule has 3 aromatic rings. The van der Waals surface area contributed by atoms with Crippen molar-refractivity contribution in [2.45, 2.75) is 89.4 Å². The number of nitrogens with one attached hydrogen (secondary N) is 1. The number of aryl methyl sites for hydroxylation is 1. The molecule has 14 heteroatoms. The second-order valence-corrected chi connectivity index (χ2v) is 13.6. The molecule has 0 bridgehead atoms. The third-order valence-electron chi connectivity index (χ3n) is 9.88. The van der Waals surface area contributed by atoms with Gasteiger partial charge in [0.15, 0.2) is 0 Å². The van der Waals surface area contributed by atoms with Crippen molar-refractivity contribution < 1.29 is 39.9 Å². The van der Waals surface area contributed by atoms with Gasteiger partial charge < -0.3 is 11.1 Å². The summed E-state index contributed by atoms with van der Waals surface area (Å²) in [5, 5.41) is 7.21. The van der Waals surface area contributed by atoms with Gasteiger partial charge in [0.05, 0.1) is 33.6 Å². The molecule has 2 atom stereocenters. The van der Waals surface area contributed by atoms with Crippen LogP contribution in [0.4, 0.5) is 39.9 Å². The SMILES string of the molecule is CCc1cccc2c1-n1nc3c(c1C1(C)C(F)=CC(C)(NC(N)=O)C(F)=C21)CN(Cc1ccc(C(F)(F)F)cc1C(F)(F)F)C(C)(C)C3. The predicted octanol–water partition coefficient (Wildman–Crippen LogP) is 8.06. The highest BCUT2D eigenvalue weighted by molar-refractivity contribution is 5.90. The smallest absolute Gasteiger partial charge is 0.352 e. The monoisotopic (exact) mass is 679 g/mol. The topological polar surface area (TPSA) is 76.2 Å². The Morgan fingerprint density at radius 1 is 1.00 bits per heavy atom. The van der Waals surface area contributed by atoms with Crippen molar-refractivity contribution in [1.29, 1.82) is 0 Å². The summed E-state index contributed by atoms with van der Waals surface area (Å²) in [4.78, 5) is 13.6. The molecule has 1 aromatic heterocycles. The van der Waals surface area contributed by atoms with E-state index in [1.807, 2.05) is 13.0 Å². The Bertz CT molecular complexity index is 1920. The van der Waals surface area contributed by atoms with Gasteiger partial charge in [-0.1, -0.05) is 31.2 Å². The number of nitrogens with two attached hydrogens (primary N) is 1. The number of rotatable bonds is 4. The number of allylic oxidation sites excluding steroid dienone is 2. The number of aromatic nitrogens is 2. The molecule has 2 amide bonds. The largest absolute Gasteiger partial charge is 0.416 e. The lowest BCUT2D eigenvalue weighted by atomic mass is 9.64. The van der Waals surface area contributed by atoms with Gasteiger partial charge in [-0.2, -0.15) is 31.4 Å². The number of alkyl halides is 6. The summed E-state index contributed by atoms with van der Waals surface area (Å²) in [6, 6.07) is 5.70. The molecule has 3 heterocycles. The van der Waals surface area contributed by atoms with Crippen molar-refractivity contribution in [2.75, 3.05) is 0 Å². The van der Waals surface area contributed by atoms with E-state index in [9.17, 15) is 31.1 Å². The van der Waals surface area contributed by atoms with E-state index in [0.717, 1.165) is 17.7 Å². The zero-order chi connectivity index (χ0) is 35.4. The molecule has 256 valence electrons. The fourth-order valence-electron chi connectivity index (χ4n) is 7.39. The van der Waals surface area contributed by atoms with Crippen LogP contribution >= 0.6 is 0 Å². The van der Waals surface area contributed by atoms with Gasteiger partial charge >= 0.3 is 18.4 Å². The average Bonchev–Trinajstić information content (AvgIpc) is 3.32. The minimum atomic E-state index is -5.06. The van der Waals surface area contributed by atoms with E-state index >= 15 is 8.78 Å². The summed E-state index contributed by atoms with van der Waals surface area (Å²) >= 11 is 0. The van der Waals surface area contributed by atoms with Crippen LogP contribution in [-0.2, 0) is 43.7 Å². The van der Waals surface area contributed by atoms with Gasteiger partial charge in [-0.15, -0.1) is 0 Å². The molecule has 2 aromatic carbocycles. The second-order valence-electron chi connectivity index (χ2n) is 13.6. The van der Waals surface area contributed by atoms with Gasteiger partial charge in [-0.05, 0) is 63.5 Å². The number of hydrogen-bond donors (Lipinski definition) is 2. The Balaban J connectivity index is 1.55. The van der Waals surface area contributed by atoms with E-state index in [0.29, 0.717) is 35.0 Å². The lowest BCUT2D eigenvalue weighted by Crippen LogP contribution is -2.52. The third kappa shape index (κ3) is 5.01. The number of amides is 2. The van der Waals surface area contributed by atoms with E-state index < -0.39 is 57.7 Å². The fraction of sp³-hybridized carbons (Fsp3) is 0.412. The summed E-state index contributed by atoms with van der Waals surface area (Å²) in [6.07, 6.45) is -8.39. The summed E-state index contributed by atoms with van der Waals surface area (Å²) in [5.41, 5.74) is 0.494. The van der Waals surface area contributed by atoms with E-state index in [-0.39, 0.29) is 42.4 Å². The van der Waals surface area contributed by atoms with Gasteiger partial charge in [0.1, 0.15) is 17.2 Å². The number of fused-ring (bicyclic) bond motifs is 8. The summed E-state index contributed by atoms with van der Waals surface area (Å²) < 4.78 is 118. The molecule has 0 fully saturated rings. The number of primary amides is 1.